The Kier molecular flexibility index (Phi) is 5.56. The summed E-state index contributed by atoms with van der Waals surface area (Å²) in [5, 5.41) is 4.11. The van der Waals surface area contributed by atoms with Gasteiger partial charge in [-0.1, -0.05) is 25.1 Å². The number of hydrogen-bond donors (Lipinski definition) is 0. The van der Waals surface area contributed by atoms with E-state index in [4.69, 9.17) is 0 Å². The standard InChI is InChI=1S/C16H19NOS2/c1-3-6-13(2)16(18)17(11-14-7-4-9-19-14)12-15-8-5-10-20-15/h4-10H,3,11-12H2,1-2H3. The Labute approximate surface area is 128 Å². The van der Waals surface area contributed by atoms with Gasteiger partial charge in [-0.25, -0.2) is 0 Å². The van der Waals surface area contributed by atoms with Crippen molar-refractivity contribution in [3.05, 3.63) is 56.4 Å². The molecule has 0 unspecified atom stereocenters. The molecule has 2 nitrogen and oxygen atoms in total. The number of amides is 1. The Morgan fingerprint density at radius 1 is 1.15 bits per heavy atom. The summed E-state index contributed by atoms with van der Waals surface area (Å²) in [5.74, 6) is 0.133. The van der Waals surface area contributed by atoms with Gasteiger partial charge in [-0.2, -0.15) is 0 Å². The number of thiophene rings is 2. The van der Waals surface area contributed by atoms with E-state index in [1.807, 2.05) is 30.0 Å². The van der Waals surface area contributed by atoms with Crippen LogP contribution in [-0.2, 0) is 17.9 Å². The molecule has 2 aromatic heterocycles. The Bertz CT molecular complexity index is 519. The molecule has 20 heavy (non-hydrogen) atoms. The van der Waals surface area contributed by atoms with E-state index in [9.17, 15) is 4.79 Å². The maximum Gasteiger partial charge on any atom is 0.249 e. The molecule has 106 valence electrons. The minimum absolute atomic E-state index is 0.133. The van der Waals surface area contributed by atoms with Crippen LogP contribution in [0.15, 0.2) is 46.7 Å². The van der Waals surface area contributed by atoms with Crippen molar-refractivity contribution in [3.63, 3.8) is 0 Å². The first kappa shape index (κ1) is 15.0. The van der Waals surface area contributed by atoms with Crippen LogP contribution < -0.4 is 0 Å². The van der Waals surface area contributed by atoms with Gasteiger partial charge in [0, 0.05) is 15.3 Å². The van der Waals surface area contributed by atoms with Crippen LogP contribution in [0.3, 0.4) is 0 Å². The zero-order valence-corrected chi connectivity index (χ0v) is 13.5. The van der Waals surface area contributed by atoms with Crippen LogP contribution in [-0.4, -0.2) is 10.8 Å². The molecule has 0 aliphatic rings. The molecule has 2 rings (SSSR count). The molecule has 4 heteroatoms. The lowest BCUT2D eigenvalue weighted by atomic mass is 10.2. The molecule has 0 aliphatic heterocycles. The van der Waals surface area contributed by atoms with Gasteiger partial charge in [0.15, 0.2) is 0 Å². The fourth-order valence-electron chi connectivity index (χ4n) is 2.02. The summed E-state index contributed by atoms with van der Waals surface area (Å²) < 4.78 is 0. The van der Waals surface area contributed by atoms with E-state index in [2.05, 4.69) is 29.8 Å². The van der Waals surface area contributed by atoms with Crippen LogP contribution in [0.1, 0.15) is 30.0 Å². The van der Waals surface area contributed by atoms with E-state index in [1.54, 1.807) is 22.7 Å². The topological polar surface area (TPSA) is 20.3 Å². The SMILES string of the molecule is CCC=C(C)C(=O)N(Cc1cccs1)Cc1cccs1. The third-order valence-corrected chi connectivity index (χ3v) is 4.71. The molecule has 0 saturated carbocycles. The second-order valence-corrected chi connectivity index (χ2v) is 6.68. The number of carbonyl (C=O) groups is 1. The zero-order valence-electron chi connectivity index (χ0n) is 11.8. The summed E-state index contributed by atoms with van der Waals surface area (Å²) in [4.78, 5) is 16.9. The van der Waals surface area contributed by atoms with Gasteiger partial charge in [0.25, 0.3) is 0 Å². The summed E-state index contributed by atoms with van der Waals surface area (Å²) in [7, 11) is 0. The van der Waals surface area contributed by atoms with Crippen LogP contribution in [0, 0.1) is 0 Å². The highest BCUT2D eigenvalue weighted by atomic mass is 32.1. The molecule has 0 atom stereocenters. The Morgan fingerprint density at radius 3 is 2.10 bits per heavy atom. The highest BCUT2D eigenvalue weighted by Crippen LogP contribution is 2.19. The average molecular weight is 305 g/mol. The third kappa shape index (κ3) is 4.05. The summed E-state index contributed by atoms with van der Waals surface area (Å²) in [6.45, 7) is 5.33. The molecular formula is C16H19NOS2. The number of nitrogens with zero attached hydrogens (tertiary/aromatic N) is 1. The molecule has 0 radical (unpaired) electrons. The maximum atomic E-state index is 12.6. The van der Waals surface area contributed by atoms with Gasteiger partial charge in [-0.3, -0.25) is 4.79 Å². The number of rotatable bonds is 6. The fourth-order valence-corrected chi connectivity index (χ4v) is 3.46. The molecule has 0 N–H and O–H groups in total. The second-order valence-electron chi connectivity index (χ2n) is 4.62. The summed E-state index contributed by atoms with van der Waals surface area (Å²) in [6, 6.07) is 8.22. The first-order valence-corrected chi connectivity index (χ1v) is 8.47. The highest BCUT2D eigenvalue weighted by Gasteiger charge is 2.16. The monoisotopic (exact) mass is 305 g/mol. The molecule has 0 saturated heterocycles. The molecule has 0 spiro atoms. The van der Waals surface area contributed by atoms with E-state index < -0.39 is 0 Å². The largest absolute Gasteiger partial charge is 0.329 e. The minimum atomic E-state index is 0.133. The first-order valence-electron chi connectivity index (χ1n) is 6.71. The van der Waals surface area contributed by atoms with E-state index in [0.29, 0.717) is 13.1 Å². The Balaban J connectivity index is 2.14. The van der Waals surface area contributed by atoms with Crippen LogP contribution in [0.4, 0.5) is 0 Å². The van der Waals surface area contributed by atoms with E-state index in [1.165, 1.54) is 9.75 Å². The van der Waals surface area contributed by atoms with E-state index >= 15 is 0 Å². The van der Waals surface area contributed by atoms with Crippen molar-refractivity contribution in [1.82, 2.24) is 4.90 Å². The van der Waals surface area contributed by atoms with Crippen LogP contribution in [0.2, 0.25) is 0 Å². The van der Waals surface area contributed by atoms with E-state index in [-0.39, 0.29) is 5.91 Å². The lowest BCUT2D eigenvalue weighted by Crippen LogP contribution is -2.30. The maximum absolute atomic E-state index is 12.6. The Hall–Kier alpha value is -1.39. The van der Waals surface area contributed by atoms with Gasteiger partial charge in [-0.15, -0.1) is 22.7 Å². The van der Waals surface area contributed by atoms with Crippen molar-refractivity contribution in [2.24, 2.45) is 0 Å². The van der Waals surface area contributed by atoms with Gasteiger partial charge < -0.3 is 4.90 Å². The van der Waals surface area contributed by atoms with Gasteiger partial charge >= 0.3 is 0 Å². The number of allylic oxidation sites excluding steroid dienone is 1. The Morgan fingerprint density at radius 2 is 1.70 bits per heavy atom. The van der Waals surface area contributed by atoms with Crippen LogP contribution >= 0.6 is 22.7 Å². The van der Waals surface area contributed by atoms with Gasteiger partial charge in [0.05, 0.1) is 13.1 Å². The summed E-state index contributed by atoms with van der Waals surface area (Å²) >= 11 is 3.39. The summed E-state index contributed by atoms with van der Waals surface area (Å²) in [5.41, 5.74) is 0.834. The van der Waals surface area contributed by atoms with Crippen molar-refractivity contribution in [2.75, 3.05) is 0 Å². The van der Waals surface area contributed by atoms with Crippen molar-refractivity contribution >= 4 is 28.6 Å². The van der Waals surface area contributed by atoms with Crippen molar-refractivity contribution in [2.45, 2.75) is 33.4 Å². The minimum Gasteiger partial charge on any atom is -0.329 e. The second kappa shape index (κ2) is 7.41. The smallest absolute Gasteiger partial charge is 0.249 e. The molecule has 0 aliphatic carbocycles. The molecule has 0 bridgehead atoms. The number of carbonyl (C=O) groups excluding carboxylic acids is 1. The van der Waals surface area contributed by atoms with Crippen LogP contribution in [0.5, 0.6) is 0 Å². The molecule has 2 heterocycles. The number of hydrogen-bond acceptors (Lipinski definition) is 3. The van der Waals surface area contributed by atoms with E-state index in [0.717, 1.165) is 12.0 Å². The van der Waals surface area contributed by atoms with Crippen molar-refractivity contribution in [1.29, 1.82) is 0 Å². The first-order chi connectivity index (χ1) is 9.70. The molecule has 0 fully saturated rings. The summed E-state index contributed by atoms with van der Waals surface area (Å²) in [6.07, 6.45) is 2.89. The van der Waals surface area contributed by atoms with Gasteiger partial charge in [0.1, 0.15) is 0 Å². The van der Waals surface area contributed by atoms with Gasteiger partial charge in [-0.05, 0) is 36.2 Å². The van der Waals surface area contributed by atoms with Crippen molar-refractivity contribution < 1.29 is 4.79 Å². The van der Waals surface area contributed by atoms with Gasteiger partial charge in [0.2, 0.25) is 5.91 Å². The average Bonchev–Trinajstić information content (AvgIpc) is 3.10. The molecular weight excluding hydrogens is 286 g/mol. The highest BCUT2D eigenvalue weighted by molar-refractivity contribution is 7.10. The third-order valence-electron chi connectivity index (χ3n) is 2.99. The molecule has 2 aromatic rings. The quantitative estimate of drug-likeness (QED) is 0.709. The van der Waals surface area contributed by atoms with Crippen molar-refractivity contribution in [3.8, 4) is 0 Å². The fraction of sp³-hybridized carbons (Fsp3) is 0.312. The molecule has 1 amide bonds. The zero-order chi connectivity index (χ0) is 14.4. The predicted molar refractivity (Wildman–Crippen MR) is 86.9 cm³/mol. The molecule has 0 aromatic carbocycles. The van der Waals surface area contributed by atoms with Crippen LogP contribution in [0.25, 0.3) is 0 Å². The predicted octanol–water partition coefficient (Wildman–Crippen LogP) is 4.69. The lowest BCUT2D eigenvalue weighted by molar-refractivity contribution is -0.128. The lowest BCUT2D eigenvalue weighted by Gasteiger charge is -2.22. The normalized spacial score (nSPS) is 11.6.